The Balaban J connectivity index is 0.000000181. The van der Waals surface area contributed by atoms with E-state index in [-0.39, 0.29) is 5.78 Å². The fraction of sp³-hybridized carbons (Fsp3) is 0.174. The highest BCUT2D eigenvalue weighted by atomic mass is 31.1. The maximum Gasteiger partial charge on any atom is 0.163 e. The topological polar surface area (TPSA) is 17.1 Å². The summed E-state index contributed by atoms with van der Waals surface area (Å²) in [5.41, 5.74) is 0.825. The number of rotatable bonds is 5. The molecule has 3 rings (SSSR count). The molecule has 0 spiro atoms. The third kappa shape index (κ3) is 7.45. The zero-order chi connectivity index (χ0) is 17.9. The minimum Gasteiger partial charge on any atom is -0.294 e. The highest BCUT2D eigenvalue weighted by Crippen LogP contribution is 2.09. The molecule has 0 aliphatic heterocycles. The quantitative estimate of drug-likeness (QED) is 0.456. The van der Waals surface area contributed by atoms with Crippen LogP contribution in [-0.2, 0) is 0 Å². The van der Waals surface area contributed by atoms with Crippen LogP contribution in [0.2, 0.25) is 0 Å². The van der Waals surface area contributed by atoms with Gasteiger partial charge in [0.1, 0.15) is 0 Å². The van der Waals surface area contributed by atoms with Gasteiger partial charge >= 0.3 is 0 Å². The van der Waals surface area contributed by atoms with E-state index in [1.165, 1.54) is 10.6 Å². The van der Waals surface area contributed by atoms with Crippen LogP contribution in [0.15, 0.2) is 91.0 Å². The van der Waals surface area contributed by atoms with Crippen LogP contribution in [0.5, 0.6) is 0 Å². The van der Waals surface area contributed by atoms with E-state index in [0.29, 0.717) is 12.3 Å². The van der Waals surface area contributed by atoms with Crippen molar-refractivity contribution in [2.75, 3.05) is 0 Å². The largest absolute Gasteiger partial charge is 0.294 e. The second kappa shape index (κ2) is 10.6. The van der Waals surface area contributed by atoms with Crippen LogP contribution < -0.4 is 10.6 Å². The first-order valence-corrected chi connectivity index (χ1v) is 9.60. The lowest BCUT2D eigenvalue weighted by atomic mass is 10.0. The van der Waals surface area contributed by atoms with Crippen LogP contribution in [0.4, 0.5) is 0 Å². The summed E-state index contributed by atoms with van der Waals surface area (Å²) >= 11 is 0. The van der Waals surface area contributed by atoms with Gasteiger partial charge in [0, 0.05) is 12.0 Å². The Bertz CT molecular complexity index is 699. The molecule has 3 aromatic rings. The van der Waals surface area contributed by atoms with Crippen LogP contribution in [0, 0.1) is 5.92 Å². The summed E-state index contributed by atoms with van der Waals surface area (Å²) in [7, 11) is 0.777. The SMILES string of the molecule is CC(C)CC(=O)c1ccccc1.c1ccc(Pc2ccccc2)cc1. The molecule has 0 amide bonds. The molecule has 0 fully saturated rings. The molecule has 0 aliphatic carbocycles. The number of ketones is 1. The maximum absolute atomic E-state index is 11.5. The molecule has 0 saturated heterocycles. The normalized spacial score (nSPS) is 10.0. The van der Waals surface area contributed by atoms with Gasteiger partial charge in [-0.15, -0.1) is 0 Å². The Labute approximate surface area is 152 Å². The first-order valence-electron chi connectivity index (χ1n) is 8.60. The summed E-state index contributed by atoms with van der Waals surface area (Å²) in [5.74, 6) is 0.684. The first-order chi connectivity index (χ1) is 12.1. The van der Waals surface area contributed by atoms with Gasteiger partial charge < -0.3 is 0 Å². The molecule has 0 atom stereocenters. The molecule has 3 aromatic carbocycles. The highest BCUT2D eigenvalue weighted by molar-refractivity contribution is 7.55. The van der Waals surface area contributed by atoms with Crippen molar-refractivity contribution < 1.29 is 4.79 Å². The molecule has 0 N–H and O–H groups in total. The van der Waals surface area contributed by atoms with Gasteiger partial charge in [0.15, 0.2) is 5.78 Å². The fourth-order valence-corrected chi connectivity index (χ4v) is 3.37. The Hall–Kier alpha value is -2.24. The van der Waals surface area contributed by atoms with Gasteiger partial charge in [0.2, 0.25) is 0 Å². The van der Waals surface area contributed by atoms with E-state index in [1.807, 2.05) is 30.3 Å². The number of benzene rings is 3. The van der Waals surface area contributed by atoms with Crippen molar-refractivity contribution in [1.82, 2.24) is 0 Å². The van der Waals surface area contributed by atoms with Gasteiger partial charge in [0.25, 0.3) is 0 Å². The van der Waals surface area contributed by atoms with Crippen molar-refractivity contribution in [3.05, 3.63) is 96.6 Å². The molecule has 0 aliphatic rings. The van der Waals surface area contributed by atoms with E-state index >= 15 is 0 Å². The van der Waals surface area contributed by atoms with E-state index in [1.54, 1.807) is 0 Å². The molecule has 0 heterocycles. The Morgan fingerprint density at radius 2 is 1.12 bits per heavy atom. The average Bonchev–Trinajstić information content (AvgIpc) is 2.64. The van der Waals surface area contributed by atoms with Gasteiger partial charge in [-0.25, -0.2) is 0 Å². The summed E-state index contributed by atoms with van der Waals surface area (Å²) in [6.45, 7) is 4.11. The molecule has 0 aromatic heterocycles. The van der Waals surface area contributed by atoms with Crippen molar-refractivity contribution in [2.24, 2.45) is 5.92 Å². The lowest BCUT2D eigenvalue weighted by Crippen LogP contribution is -2.02. The zero-order valence-electron chi connectivity index (χ0n) is 14.9. The minimum atomic E-state index is 0.241. The van der Waals surface area contributed by atoms with Crippen LogP contribution in [0.25, 0.3) is 0 Å². The number of hydrogen-bond acceptors (Lipinski definition) is 1. The summed E-state index contributed by atoms with van der Waals surface area (Å²) < 4.78 is 0. The van der Waals surface area contributed by atoms with Gasteiger partial charge in [-0.05, 0) is 16.5 Å². The van der Waals surface area contributed by atoms with Crippen molar-refractivity contribution in [3.8, 4) is 0 Å². The summed E-state index contributed by atoms with van der Waals surface area (Å²) in [6, 6.07) is 30.6. The lowest BCUT2D eigenvalue weighted by molar-refractivity contribution is 0.0968. The van der Waals surface area contributed by atoms with Crippen molar-refractivity contribution in [1.29, 1.82) is 0 Å². The van der Waals surface area contributed by atoms with Crippen LogP contribution in [0.3, 0.4) is 0 Å². The van der Waals surface area contributed by atoms with Crippen molar-refractivity contribution >= 4 is 25.0 Å². The van der Waals surface area contributed by atoms with E-state index in [4.69, 9.17) is 0 Å². The second-order valence-corrected chi connectivity index (χ2v) is 7.65. The summed E-state index contributed by atoms with van der Waals surface area (Å²) in [4.78, 5) is 11.5. The number of Topliss-reactive ketones (excluding diaryl/α,β-unsaturated/α-hetero) is 1. The van der Waals surface area contributed by atoms with E-state index in [0.717, 1.165) is 14.1 Å². The molecular formula is C23H25OP. The molecule has 0 unspecified atom stereocenters. The van der Waals surface area contributed by atoms with E-state index in [9.17, 15) is 4.79 Å². The smallest absolute Gasteiger partial charge is 0.163 e. The zero-order valence-corrected chi connectivity index (χ0v) is 15.9. The van der Waals surface area contributed by atoms with Crippen LogP contribution >= 0.6 is 8.58 Å². The molecule has 25 heavy (non-hydrogen) atoms. The monoisotopic (exact) mass is 348 g/mol. The molecule has 0 saturated carbocycles. The fourth-order valence-electron chi connectivity index (χ4n) is 2.32. The van der Waals surface area contributed by atoms with Gasteiger partial charge in [-0.3, -0.25) is 4.79 Å². The second-order valence-electron chi connectivity index (χ2n) is 6.24. The van der Waals surface area contributed by atoms with Crippen LogP contribution in [0.1, 0.15) is 30.6 Å². The van der Waals surface area contributed by atoms with Gasteiger partial charge in [0.05, 0.1) is 0 Å². The third-order valence-corrected chi connectivity index (χ3v) is 4.77. The lowest BCUT2D eigenvalue weighted by Gasteiger charge is -2.02. The average molecular weight is 348 g/mol. The van der Waals surface area contributed by atoms with E-state index in [2.05, 4.69) is 74.5 Å². The maximum atomic E-state index is 11.5. The minimum absolute atomic E-state index is 0.241. The predicted octanol–water partition coefficient (Wildman–Crippen LogP) is 5.23. The number of carbonyl (C=O) groups is 1. The first kappa shape index (κ1) is 19.1. The van der Waals surface area contributed by atoms with E-state index < -0.39 is 0 Å². The molecule has 2 heteroatoms. The highest BCUT2D eigenvalue weighted by Gasteiger charge is 2.06. The molecule has 0 bridgehead atoms. The Morgan fingerprint density at radius 1 is 0.720 bits per heavy atom. The van der Waals surface area contributed by atoms with Gasteiger partial charge in [-0.2, -0.15) is 0 Å². The van der Waals surface area contributed by atoms with Crippen molar-refractivity contribution in [2.45, 2.75) is 20.3 Å². The predicted molar refractivity (Wildman–Crippen MR) is 111 cm³/mol. The third-order valence-electron chi connectivity index (χ3n) is 3.53. The number of hydrogen-bond donors (Lipinski definition) is 0. The Kier molecular flexibility index (Phi) is 8.09. The summed E-state index contributed by atoms with van der Waals surface area (Å²) in [6.07, 6.45) is 0.643. The Morgan fingerprint density at radius 3 is 1.52 bits per heavy atom. The summed E-state index contributed by atoms with van der Waals surface area (Å²) in [5, 5.41) is 2.79. The standard InChI is InChI=1S/C12H11P.C11H14O/c1-3-7-11(8-4-1)13-12-9-5-2-6-10-12;1-9(2)8-11(12)10-6-4-3-5-7-10/h1-10,13H;3-7,9H,8H2,1-2H3. The molecular weight excluding hydrogens is 323 g/mol. The van der Waals surface area contributed by atoms with Crippen molar-refractivity contribution in [3.63, 3.8) is 0 Å². The van der Waals surface area contributed by atoms with Crippen LogP contribution in [-0.4, -0.2) is 5.78 Å². The molecule has 1 nitrogen and oxygen atoms in total. The molecule has 0 radical (unpaired) electrons. The number of carbonyl (C=O) groups excluding carboxylic acids is 1. The van der Waals surface area contributed by atoms with Gasteiger partial charge in [-0.1, -0.05) is 113 Å². The molecule has 128 valence electrons.